The van der Waals surface area contributed by atoms with Crippen LogP contribution in [0.25, 0.3) is 10.9 Å². The molecule has 2 aromatic carbocycles. The van der Waals surface area contributed by atoms with Gasteiger partial charge in [-0.05, 0) is 60.8 Å². The zero-order chi connectivity index (χ0) is 40.2. The number of benzene rings is 2. The van der Waals surface area contributed by atoms with Crippen molar-refractivity contribution in [2.75, 3.05) is 32.2 Å². The van der Waals surface area contributed by atoms with Crippen molar-refractivity contribution >= 4 is 58.1 Å². The Labute approximate surface area is 327 Å². The zero-order valence-electron chi connectivity index (χ0n) is 32.7. The number of H-pyrrole nitrogens is 1. The molecule has 6 amide bonds. The van der Waals surface area contributed by atoms with Gasteiger partial charge in [0.15, 0.2) is 0 Å². The van der Waals surface area contributed by atoms with Crippen molar-refractivity contribution < 1.29 is 33.5 Å². The van der Waals surface area contributed by atoms with E-state index in [4.69, 9.17) is 4.74 Å². The lowest BCUT2D eigenvalue weighted by molar-refractivity contribution is -0.137. The van der Waals surface area contributed by atoms with Crippen LogP contribution >= 0.6 is 11.8 Å². The second-order valence-electron chi connectivity index (χ2n) is 14.8. The molecule has 1 aromatic heterocycles. The number of hydrogen-bond donors (Lipinski definition) is 6. The molecule has 1 aliphatic rings. The number of carbonyl (C=O) groups is 6. The van der Waals surface area contributed by atoms with E-state index in [0.29, 0.717) is 5.75 Å². The maximum atomic E-state index is 14.2. The minimum absolute atomic E-state index is 0.0167. The van der Waals surface area contributed by atoms with Gasteiger partial charge in [-0.1, -0.05) is 58.0 Å². The van der Waals surface area contributed by atoms with E-state index in [0.717, 1.165) is 22.0 Å². The Hall–Kier alpha value is -5.05. The molecule has 4 rings (SSSR count). The zero-order valence-corrected chi connectivity index (χ0v) is 33.5. The number of hydrogen-bond acceptors (Lipinski definition) is 8. The van der Waals surface area contributed by atoms with Crippen molar-refractivity contribution in [1.82, 2.24) is 36.5 Å². The van der Waals surface area contributed by atoms with Crippen LogP contribution in [0.1, 0.15) is 52.2 Å². The highest BCUT2D eigenvalue weighted by Crippen LogP contribution is 2.20. The van der Waals surface area contributed by atoms with E-state index >= 15 is 0 Å². The second kappa shape index (κ2) is 20.0. The van der Waals surface area contributed by atoms with E-state index in [1.54, 1.807) is 43.8 Å². The number of amides is 6. The Morgan fingerprint density at radius 3 is 2.11 bits per heavy atom. The Balaban J connectivity index is 1.75. The minimum atomic E-state index is -1.13. The third-order valence-corrected chi connectivity index (χ3v) is 10.1. The monoisotopic (exact) mass is 777 g/mol. The Kier molecular flexibility index (Phi) is 15.6. The van der Waals surface area contributed by atoms with E-state index in [1.165, 1.54) is 23.6 Å². The number of ether oxygens (including phenoxy) is 1. The number of aromatic nitrogens is 1. The summed E-state index contributed by atoms with van der Waals surface area (Å²) in [6.45, 7) is 8.76. The van der Waals surface area contributed by atoms with Crippen LogP contribution in [-0.4, -0.2) is 108 Å². The molecule has 55 heavy (non-hydrogen) atoms. The lowest BCUT2D eigenvalue weighted by Gasteiger charge is -2.32. The molecular weight excluding hydrogens is 723 g/mol. The highest BCUT2D eigenvalue weighted by Gasteiger charge is 2.34. The lowest BCUT2D eigenvalue weighted by atomic mass is 9.99. The van der Waals surface area contributed by atoms with Gasteiger partial charge in [-0.3, -0.25) is 28.8 Å². The van der Waals surface area contributed by atoms with Gasteiger partial charge < -0.3 is 41.2 Å². The van der Waals surface area contributed by atoms with E-state index in [1.807, 2.05) is 52.0 Å². The topological polar surface area (TPSA) is 191 Å². The highest BCUT2D eigenvalue weighted by molar-refractivity contribution is 7.99. The van der Waals surface area contributed by atoms with Crippen LogP contribution in [0.15, 0.2) is 54.7 Å². The summed E-state index contributed by atoms with van der Waals surface area (Å²) in [6.07, 6.45) is 3.95. The fourth-order valence-electron chi connectivity index (χ4n) is 6.41. The van der Waals surface area contributed by atoms with Crippen molar-refractivity contribution in [3.63, 3.8) is 0 Å². The minimum Gasteiger partial charge on any atom is -0.497 e. The van der Waals surface area contributed by atoms with Crippen LogP contribution in [0.5, 0.6) is 5.75 Å². The summed E-state index contributed by atoms with van der Waals surface area (Å²) in [7, 11) is 1.55. The molecule has 0 radical (unpaired) electrons. The predicted molar refractivity (Wildman–Crippen MR) is 213 cm³/mol. The number of carbonyl (C=O) groups excluding carboxylic acids is 6. The van der Waals surface area contributed by atoms with Gasteiger partial charge in [0.25, 0.3) is 0 Å². The molecule has 6 N–H and O–H groups in total. The van der Waals surface area contributed by atoms with Gasteiger partial charge in [-0.15, -0.1) is 0 Å². The fourth-order valence-corrected chi connectivity index (χ4v) is 6.84. The SMILES string of the molecule is COc1ccc(C[C@@H]2NC(=O)[C@H](CC(C)C)NC(=O)[C@@H](Cc3c[nH]c4ccccc34)NC(=O)CN(C(=O)CSC)C[C@H](C(C)C)NC(=O)[C@@H](C)NC2=O)cc1. The molecule has 0 bridgehead atoms. The number of aromatic amines is 1. The van der Waals surface area contributed by atoms with Crippen molar-refractivity contribution in [2.45, 2.75) is 84.1 Å². The first-order chi connectivity index (χ1) is 26.2. The summed E-state index contributed by atoms with van der Waals surface area (Å²) in [4.78, 5) is 87.6. The molecule has 2 heterocycles. The summed E-state index contributed by atoms with van der Waals surface area (Å²) in [5.41, 5.74) is 2.35. The summed E-state index contributed by atoms with van der Waals surface area (Å²) in [6, 6.07) is 9.70. The number of fused-ring (bicyclic) bond motifs is 1. The van der Waals surface area contributed by atoms with Gasteiger partial charge in [-0.2, -0.15) is 11.8 Å². The molecule has 1 saturated heterocycles. The first-order valence-electron chi connectivity index (χ1n) is 18.6. The number of methoxy groups -OCH3 is 1. The van der Waals surface area contributed by atoms with E-state index in [-0.39, 0.29) is 55.8 Å². The van der Waals surface area contributed by atoms with Gasteiger partial charge in [0, 0.05) is 42.5 Å². The van der Waals surface area contributed by atoms with Gasteiger partial charge >= 0.3 is 0 Å². The summed E-state index contributed by atoms with van der Waals surface area (Å²) >= 11 is 1.30. The third kappa shape index (κ3) is 12.2. The van der Waals surface area contributed by atoms with E-state index in [2.05, 4.69) is 31.6 Å². The predicted octanol–water partition coefficient (Wildman–Crippen LogP) is 2.31. The summed E-state index contributed by atoms with van der Waals surface area (Å²) < 4.78 is 5.28. The standard InChI is InChI=1S/C40H55N7O7S/c1-23(2)16-31-39(52)45-32(17-26-12-14-28(54-6)15-13-26)38(51)42-25(5)37(50)46-34(24(3)4)20-47(36(49)22-55-7)21-35(48)43-33(40(53)44-31)18-27-19-41-30-11-9-8-10-29(27)30/h8-15,19,23-25,31-34,41H,16-18,20-22H2,1-7H3,(H,42,51)(H,43,48)(H,44,53)(H,45,52)(H,46,50)/t25-,31+,32+,33-,34-/m1/s1. The van der Waals surface area contributed by atoms with Crippen molar-refractivity contribution in [3.8, 4) is 5.75 Å². The van der Waals surface area contributed by atoms with Crippen LogP contribution in [0.2, 0.25) is 0 Å². The maximum Gasteiger partial charge on any atom is 0.243 e. The van der Waals surface area contributed by atoms with Gasteiger partial charge in [-0.25, -0.2) is 0 Å². The number of nitrogens with zero attached hydrogens (tertiary/aromatic N) is 1. The van der Waals surface area contributed by atoms with Gasteiger partial charge in [0.1, 0.15) is 29.9 Å². The molecule has 0 unspecified atom stereocenters. The largest absolute Gasteiger partial charge is 0.497 e. The molecule has 14 nitrogen and oxygen atoms in total. The number of thioether (sulfide) groups is 1. The van der Waals surface area contributed by atoms with Crippen LogP contribution in [-0.2, 0) is 41.6 Å². The van der Waals surface area contributed by atoms with Crippen LogP contribution in [0, 0.1) is 11.8 Å². The average Bonchev–Trinajstić information content (AvgIpc) is 3.55. The first kappa shape index (κ1) is 42.7. The molecule has 3 aromatic rings. The Morgan fingerprint density at radius 2 is 1.45 bits per heavy atom. The Morgan fingerprint density at radius 1 is 0.818 bits per heavy atom. The maximum absolute atomic E-state index is 14.2. The first-order valence-corrected chi connectivity index (χ1v) is 20.0. The number of nitrogens with one attached hydrogen (secondary N) is 6. The van der Waals surface area contributed by atoms with Crippen LogP contribution in [0.3, 0.4) is 0 Å². The smallest absolute Gasteiger partial charge is 0.243 e. The van der Waals surface area contributed by atoms with Crippen LogP contribution in [0.4, 0.5) is 0 Å². The molecule has 1 aliphatic heterocycles. The number of rotatable bonds is 10. The second-order valence-corrected chi connectivity index (χ2v) is 15.7. The normalized spacial score (nSPS) is 22.3. The quantitative estimate of drug-likeness (QED) is 0.181. The molecule has 15 heteroatoms. The van der Waals surface area contributed by atoms with Crippen molar-refractivity contribution in [1.29, 1.82) is 0 Å². The molecule has 298 valence electrons. The van der Waals surface area contributed by atoms with E-state index in [9.17, 15) is 28.8 Å². The molecule has 5 atom stereocenters. The molecular formula is C40H55N7O7S. The average molecular weight is 778 g/mol. The molecule has 0 saturated carbocycles. The summed E-state index contributed by atoms with van der Waals surface area (Å²) in [5, 5.41) is 15.1. The lowest BCUT2D eigenvalue weighted by Crippen LogP contribution is -2.60. The molecule has 1 fully saturated rings. The summed E-state index contributed by atoms with van der Waals surface area (Å²) in [5.74, 6) is -2.66. The van der Waals surface area contributed by atoms with Crippen molar-refractivity contribution in [2.24, 2.45) is 11.8 Å². The fraction of sp³-hybridized carbons (Fsp3) is 0.500. The Bertz CT molecular complexity index is 1810. The van der Waals surface area contributed by atoms with Crippen molar-refractivity contribution in [3.05, 3.63) is 65.9 Å². The molecule has 0 aliphatic carbocycles. The van der Waals surface area contributed by atoms with E-state index < -0.39 is 59.7 Å². The molecule has 0 spiro atoms. The number of para-hydroxylation sites is 1. The highest BCUT2D eigenvalue weighted by atomic mass is 32.2. The van der Waals surface area contributed by atoms with Gasteiger partial charge in [0.05, 0.1) is 19.4 Å². The van der Waals surface area contributed by atoms with Gasteiger partial charge in [0.2, 0.25) is 35.4 Å². The third-order valence-electron chi connectivity index (χ3n) is 9.58. The van der Waals surface area contributed by atoms with Crippen LogP contribution < -0.4 is 31.3 Å².